The Morgan fingerprint density at radius 2 is 2.00 bits per heavy atom. The molecule has 1 aliphatic heterocycles. The normalized spacial score (nSPS) is 17.2. The highest BCUT2D eigenvalue weighted by atomic mass is 32.1. The fourth-order valence-electron chi connectivity index (χ4n) is 3.22. The van der Waals surface area contributed by atoms with Gasteiger partial charge in [-0.1, -0.05) is 25.1 Å². The Labute approximate surface area is 146 Å². The molecule has 3 aromatic rings. The molecule has 0 aliphatic carbocycles. The van der Waals surface area contributed by atoms with Crippen LogP contribution in [0, 0.1) is 0 Å². The molecule has 0 saturated carbocycles. The minimum absolute atomic E-state index is 0.149. The summed E-state index contributed by atoms with van der Waals surface area (Å²) in [6.07, 6.45) is 3.03. The zero-order chi connectivity index (χ0) is 16.4. The zero-order valence-electron chi connectivity index (χ0n) is 13.9. The molecular formula is C19H22N4S. The van der Waals surface area contributed by atoms with Crippen molar-refractivity contribution in [2.24, 2.45) is 0 Å². The Morgan fingerprint density at radius 1 is 1.17 bits per heavy atom. The molecule has 1 aromatic carbocycles. The van der Waals surface area contributed by atoms with Crippen molar-refractivity contribution in [2.75, 3.05) is 26.2 Å². The Hall–Kier alpha value is -1.82. The molecule has 0 bridgehead atoms. The molecule has 0 spiro atoms. The number of nitrogens with one attached hydrogen (secondary N) is 1. The van der Waals surface area contributed by atoms with E-state index < -0.39 is 0 Å². The maximum absolute atomic E-state index is 4.92. The van der Waals surface area contributed by atoms with Crippen LogP contribution in [0.2, 0.25) is 0 Å². The SMILES string of the molecule is CCc1ccc(C(c2nc3ccccc3s2)N2CCNCC2)nc1. The van der Waals surface area contributed by atoms with E-state index in [-0.39, 0.29) is 6.04 Å². The summed E-state index contributed by atoms with van der Waals surface area (Å²) in [5.74, 6) is 0. The number of benzene rings is 1. The molecule has 1 saturated heterocycles. The third kappa shape index (κ3) is 3.07. The van der Waals surface area contributed by atoms with Crippen molar-refractivity contribution >= 4 is 21.6 Å². The number of thiazole rings is 1. The van der Waals surface area contributed by atoms with Gasteiger partial charge in [0.15, 0.2) is 0 Å². The van der Waals surface area contributed by atoms with Crippen LogP contribution in [0.3, 0.4) is 0 Å². The van der Waals surface area contributed by atoms with E-state index in [0.29, 0.717) is 0 Å². The van der Waals surface area contributed by atoms with E-state index in [9.17, 15) is 0 Å². The minimum Gasteiger partial charge on any atom is -0.314 e. The van der Waals surface area contributed by atoms with E-state index >= 15 is 0 Å². The maximum atomic E-state index is 4.92. The highest BCUT2D eigenvalue weighted by Gasteiger charge is 2.27. The summed E-state index contributed by atoms with van der Waals surface area (Å²) in [5, 5.41) is 4.59. The van der Waals surface area contributed by atoms with Crippen LogP contribution >= 0.6 is 11.3 Å². The molecule has 4 nitrogen and oxygen atoms in total. The predicted molar refractivity (Wildman–Crippen MR) is 99.5 cm³/mol. The van der Waals surface area contributed by atoms with Crippen LogP contribution in [0.25, 0.3) is 10.2 Å². The second kappa shape index (κ2) is 6.97. The topological polar surface area (TPSA) is 41.1 Å². The third-order valence-corrected chi connectivity index (χ3v) is 5.69. The first kappa shape index (κ1) is 15.7. The van der Waals surface area contributed by atoms with Gasteiger partial charge in [-0.3, -0.25) is 9.88 Å². The van der Waals surface area contributed by atoms with Crippen molar-refractivity contribution in [2.45, 2.75) is 19.4 Å². The Bertz CT molecular complexity index is 773. The lowest BCUT2D eigenvalue weighted by molar-refractivity contribution is 0.195. The van der Waals surface area contributed by atoms with Crippen molar-refractivity contribution in [3.8, 4) is 0 Å². The molecule has 24 heavy (non-hydrogen) atoms. The molecule has 3 heterocycles. The van der Waals surface area contributed by atoms with Crippen LogP contribution in [0.1, 0.15) is 29.2 Å². The number of fused-ring (bicyclic) bond motifs is 1. The van der Waals surface area contributed by atoms with E-state index in [0.717, 1.165) is 48.8 Å². The van der Waals surface area contributed by atoms with Gasteiger partial charge in [0.2, 0.25) is 0 Å². The fraction of sp³-hybridized carbons (Fsp3) is 0.368. The van der Waals surface area contributed by atoms with E-state index in [1.165, 1.54) is 10.3 Å². The second-order valence-corrected chi connectivity index (χ2v) is 7.22. The summed E-state index contributed by atoms with van der Waals surface area (Å²) < 4.78 is 1.25. The molecule has 4 rings (SSSR count). The summed E-state index contributed by atoms with van der Waals surface area (Å²) >= 11 is 1.79. The lowest BCUT2D eigenvalue weighted by atomic mass is 10.1. The van der Waals surface area contributed by atoms with Gasteiger partial charge >= 0.3 is 0 Å². The highest BCUT2D eigenvalue weighted by molar-refractivity contribution is 7.18. The molecule has 0 radical (unpaired) electrons. The molecule has 1 unspecified atom stereocenters. The van der Waals surface area contributed by atoms with Crippen LogP contribution in [0.5, 0.6) is 0 Å². The monoisotopic (exact) mass is 338 g/mol. The minimum atomic E-state index is 0.149. The molecule has 1 aliphatic rings. The van der Waals surface area contributed by atoms with E-state index in [2.05, 4.69) is 53.5 Å². The number of aryl methyl sites for hydroxylation is 1. The first-order chi connectivity index (χ1) is 11.8. The summed E-state index contributed by atoms with van der Waals surface area (Å²) in [6.45, 7) is 6.26. The van der Waals surface area contributed by atoms with Crippen LogP contribution < -0.4 is 5.32 Å². The van der Waals surface area contributed by atoms with Gasteiger partial charge in [-0.05, 0) is 30.2 Å². The molecular weight excluding hydrogens is 316 g/mol. The summed E-state index contributed by atoms with van der Waals surface area (Å²) in [6, 6.07) is 12.9. The molecule has 5 heteroatoms. The number of pyridine rings is 1. The number of piperazine rings is 1. The lowest BCUT2D eigenvalue weighted by Gasteiger charge is -2.33. The van der Waals surface area contributed by atoms with Gasteiger partial charge in [0.1, 0.15) is 11.0 Å². The lowest BCUT2D eigenvalue weighted by Crippen LogP contribution is -2.45. The van der Waals surface area contributed by atoms with Gasteiger partial charge in [0.25, 0.3) is 0 Å². The predicted octanol–water partition coefficient (Wildman–Crippen LogP) is 3.25. The van der Waals surface area contributed by atoms with E-state index in [1.807, 2.05) is 6.20 Å². The van der Waals surface area contributed by atoms with Gasteiger partial charge in [0.05, 0.1) is 15.9 Å². The smallest absolute Gasteiger partial charge is 0.117 e. The van der Waals surface area contributed by atoms with E-state index in [1.54, 1.807) is 11.3 Å². The Kier molecular flexibility index (Phi) is 4.56. The van der Waals surface area contributed by atoms with Crippen LogP contribution in [-0.2, 0) is 6.42 Å². The molecule has 2 aromatic heterocycles. The fourth-order valence-corrected chi connectivity index (χ4v) is 4.34. The van der Waals surface area contributed by atoms with Gasteiger partial charge in [-0.15, -0.1) is 11.3 Å². The van der Waals surface area contributed by atoms with Crippen molar-refractivity contribution < 1.29 is 0 Å². The van der Waals surface area contributed by atoms with Crippen LogP contribution in [0.15, 0.2) is 42.6 Å². The Balaban J connectivity index is 1.76. The summed E-state index contributed by atoms with van der Waals surface area (Å²) in [4.78, 5) is 12.2. The van der Waals surface area contributed by atoms with Crippen LogP contribution in [0.4, 0.5) is 0 Å². The number of aromatic nitrogens is 2. The maximum Gasteiger partial charge on any atom is 0.117 e. The molecule has 1 atom stereocenters. The van der Waals surface area contributed by atoms with Crippen molar-refractivity contribution in [1.82, 2.24) is 20.2 Å². The first-order valence-corrected chi connectivity index (χ1v) is 9.42. The number of hydrogen-bond donors (Lipinski definition) is 1. The third-order valence-electron chi connectivity index (χ3n) is 4.60. The van der Waals surface area contributed by atoms with Crippen molar-refractivity contribution in [1.29, 1.82) is 0 Å². The summed E-state index contributed by atoms with van der Waals surface area (Å²) in [7, 11) is 0. The average Bonchev–Trinajstić information content (AvgIpc) is 3.07. The molecule has 1 N–H and O–H groups in total. The Morgan fingerprint density at radius 3 is 2.71 bits per heavy atom. The molecule has 1 fully saturated rings. The van der Waals surface area contributed by atoms with Crippen molar-refractivity contribution in [3.05, 3.63) is 58.9 Å². The van der Waals surface area contributed by atoms with Gasteiger partial charge in [-0.25, -0.2) is 4.98 Å². The number of nitrogens with zero attached hydrogens (tertiary/aromatic N) is 3. The second-order valence-electron chi connectivity index (χ2n) is 6.15. The summed E-state index contributed by atoms with van der Waals surface area (Å²) in [5.41, 5.74) is 3.47. The highest BCUT2D eigenvalue weighted by Crippen LogP contribution is 2.33. The van der Waals surface area contributed by atoms with E-state index in [4.69, 9.17) is 9.97 Å². The molecule has 124 valence electrons. The van der Waals surface area contributed by atoms with Crippen molar-refractivity contribution in [3.63, 3.8) is 0 Å². The standard InChI is InChI=1S/C19H22N4S/c1-2-14-7-8-16(21-13-14)18(23-11-9-20-10-12-23)19-22-15-5-3-4-6-17(15)24-19/h3-8,13,18,20H,2,9-12H2,1H3. The number of rotatable bonds is 4. The van der Waals surface area contributed by atoms with Gasteiger partial charge in [0, 0.05) is 32.4 Å². The largest absolute Gasteiger partial charge is 0.314 e. The zero-order valence-corrected chi connectivity index (χ0v) is 14.7. The first-order valence-electron chi connectivity index (χ1n) is 8.60. The van der Waals surface area contributed by atoms with Crippen LogP contribution in [-0.4, -0.2) is 41.0 Å². The number of hydrogen-bond acceptors (Lipinski definition) is 5. The number of para-hydroxylation sites is 1. The average molecular weight is 338 g/mol. The van der Waals surface area contributed by atoms with Gasteiger partial charge < -0.3 is 5.32 Å². The quantitative estimate of drug-likeness (QED) is 0.793. The molecule has 0 amide bonds. The van der Waals surface area contributed by atoms with Gasteiger partial charge in [-0.2, -0.15) is 0 Å².